The Kier molecular flexibility index (Phi) is 4.15. The molecule has 25 heavy (non-hydrogen) atoms. The Morgan fingerprint density at radius 2 is 1.92 bits per heavy atom. The van der Waals surface area contributed by atoms with Crippen molar-refractivity contribution in [3.63, 3.8) is 0 Å². The average Bonchev–Trinajstić information content (AvgIpc) is 2.89. The van der Waals surface area contributed by atoms with Crippen LogP contribution in [0.15, 0.2) is 36.7 Å². The first-order valence-electron chi connectivity index (χ1n) is 7.21. The molecule has 0 aliphatic carbocycles. The summed E-state index contributed by atoms with van der Waals surface area (Å²) in [6.45, 7) is 0. The summed E-state index contributed by atoms with van der Waals surface area (Å²) in [5.41, 5.74) is 5.05. The highest BCUT2D eigenvalue weighted by molar-refractivity contribution is 5.58. The molecular formula is C16H13F4N5. The Hall–Kier alpha value is -2.97. The summed E-state index contributed by atoms with van der Waals surface area (Å²) in [5.74, 6) is -0.0568. The standard InChI is InChI=1S/C16H13F4N5/c1-25-8-12(16(18,19)20)23-15(25)10-3-2-9(6-11(10)17)7-14-22-5-4-13(21)24-14/h2-6,8H,7H2,1H3,(H2,21,22,24). The van der Waals surface area contributed by atoms with Crippen LogP contribution in [0.5, 0.6) is 0 Å². The van der Waals surface area contributed by atoms with Crippen LogP contribution < -0.4 is 5.73 Å². The highest BCUT2D eigenvalue weighted by atomic mass is 19.4. The molecule has 2 heterocycles. The Morgan fingerprint density at radius 3 is 2.52 bits per heavy atom. The maximum absolute atomic E-state index is 14.4. The van der Waals surface area contributed by atoms with E-state index < -0.39 is 17.7 Å². The molecule has 130 valence electrons. The Balaban J connectivity index is 1.91. The van der Waals surface area contributed by atoms with Gasteiger partial charge in [-0.25, -0.2) is 19.3 Å². The molecule has 0 saturated carbocycles. The fourth-order valence-corrected chi connectivity index (χ4v) is 2.39. The molecule has 0 aliphatic heterocycles. The number of imidazole rings is 1. The van der Waals surface area contributed by atoms with Crippen molar-refractivity contribution in [3.8, 4) is 11.4 Å². The van der Waals surface area contributed by atoms with Crippen LogP contribution in [0.2, 0.25) is 0 Å². The van der Waals surface area contributed by atoms with Crippen molar-refractivity contribution < 1.29 is 17.6 Å². The second kappa shape index (κ2) is 6.15. The molecule has 0 aliphatic rings. The first-order valence-corrected chi connectivity index (χ1v) is 7.21. The van der Waals surface area contributed by atoms with Crippen molar-refractivity contribution in [2.75, 3.05) is 5.73 Å². The van der Waals surface area contributed by atoms with Gasteiger partial charge in [0.2, 0.25) is 0 Å². The van der Waals surface area contributed by atoms with E-state index in [1.807, 2.05) is 0 Å². The second-order valence-corrected chi connectivity index (χ2v) is 5.45. The largest absolute Gasteiger partial charge is 0.434 e. The number of nitrogen functional groups attached to an aromatic ring is 1. The van der Waals surface area contributed by atoms with Crippen LogP contribution in [-0.4, -0.2) is 19.5 Å². The van der Waals surface area contributed by atoms with Gasteiger partial charge in [0.25, 0.3) is 0 Å². The molecule has 2 aromatic heterocycles. The van der Waals surface area contributed by atoms with E-state index in [-0.39, 0.29) is 17.8 Å². The summed E-state index contributed by atoms with van der Waals surface area (Å²) in [4.78, 5) is 11.6. The van der Waals surface area contributed by atoms with E-state index in [2.05, 4.69) is 15.0 Å². The quantitative estimate of drug-likeness (QED) is 0.736. The molecule has 1 aromatic carbocycles. The highest BCUT2D eigenvalue weighted by Crippen LogP contribution is 2.31. The molecule has 3 rings (SSSR count). The van der Waals surface area contributed by atoms with Gasteiger partial charge in [0.15, 0.2) is 5.69 Å². The van der Waals surface area contributed by atoms with Gasteiger partial charge in [-0.05, 0) is 23.8 Å². The van der Waals surface area contributed by atoms with Crippen molar-refractivity contribution in [2.24, 2.45) is 7.05 Å². The van der Waals surface area contributed by atoms with E-state index in [9.17, 15) is 17.6 Å². The zero-order valence-electron chi connectivity index (χ0n) is 13.0. The molecule has 0 amide bonds. The van der Waals surface area contributed by atoms with Crippen molar-refractivity contribution in [2.45, 2.75) is 12.6 Å². The smallest absolute Gasteiger partial charge is 0.384 e. The summed E-state index contributed by atoms with van der Waals surface area (Å²) in [5, 5.41) is 0. The van der Waals surface area contributed by atoms with Gasteiger partial charge in [-0.1, -0.05) is 6.07 Å². The Morgan fingerprint density at radius 1 is 1.16 bits per heavy atom. The lowest BCUT2D eigenvalue weighted by atomic mass is 10.1. The molecule has 9 heteroatoms. The van der Waals surface area contributed by atoms with E-state index in [0.29, 0.717) is 17.2 Å². The van der Waals surface area contributed by atoms with Crippen LogP contribution in [0, 0.1) is 5.82 Å². The van der Waals surface area contributed by atoms with E-state index in [1.165, 1.54) is 31.4 Å². The average molecular weight is 351 g/mol. The molecule has 0 unspecified atom stereocenters. The van der Waals surface area contributed by atoms with Crippen LogP contribution >= 0.6 is 0 Å². The van der Waals surface area contributed by atoms with Crippen LogP contribution in [0.1, 0.15) is 17.1 Å². The van der Waals surface area contributed by atoms with Crippen LogP contribution in [0.3, 0.4) is 0 Å². The first kappa shape index (κ1) is 16.9. The van der Waals surface area contributed by atoms with Gasteiger partial charge in [0.1, 0.15) is 23.3 Å². The van der Waals surface area contributed by atoms with E-state index in [0.717, 1.165) is 10.8 Å². The van der Waals surface area contributed by atoms with Crippen molar-refractivity contribution in [1.82, 2.24) is 19.5 Å². The molecule has 2 N–H and O–H groups in total. The highest BCUT2D eigenvalue weighted by Gasteiger charge is 2.34. The Labute approximate surface area is 140 Å². The SMILES string of the molecule is Cn1cc(C(F)(F)F)nc1-c1ccc(Cc2nccc(N)n2)cc1F. The van der Waals surface area contributed by atoms with E-state index in [4.69, 9.17) is 5.73 Å². The predicted molar refractivity (Wildman–Crippen MR) is 82.9 cm³/mol. The van der Waals surface area contributed by atoms with Crippen LogP contribution in [-0.2, 0) is 19.6 Å². The lowest BCUT2D eigenvalue weighted by molar-refractivity contribution is -0.140. The predicted octanol–water partition coefficient (Wildman–Crippen LogP) is 3.21. The van der Waals surface area contributed by atoms with E-state index in [1.54, 1.807) is 6.07 Å². The number of rotatable bonds is 3. The number of benzene rings is 1. The number of nitrogens with two attached hydrogens (primary N) is 1. The number of anilines is 1. The van der Waals surface area contributed by atoms with Gasteiger partial charge in [-0.15, -0.1) is 0 Å². The topological polar surface area (TPSA) is 69.6 Å². The molecule has 0 spiro atoms. The van der Waals surface area contributed by atoms with Gasteiger partial charge in [-0.3, -0.25) is 0 Å². The molecule has 0 radical (unpaired) electrons. The van der Waals surface area contributed by atoms with Gasteiger partial charge in [0.05, 0.1) is 5.56 Å². The minimum absolute atomic E-state index is 0.0183. The fraction of sp³-hybridized carbons (Fsp3) is 0.188. The number of aromatic nitrogens is 4. The molecule has 0 bridgehead atoms. The third-order valence-corrected chi connectivity index (χ3v) is 3.53. The minimum Gasteiger partial charge on any atom is -0.384 e. The summed E-state index contributed by atoms with van der Waals surface area (Å²) in [6, 6.07) is 5.74. The summed E-state index contributed by atoms with van der Waals surface area (Å²) < 4.78 is 53.8. The zero-order valence-corrected chi connectivity index (χ0v) is 13.0. The van der Waals surface area contributed by atoms with Gasteiger partial charge < -0.3 is 10.3 Å². The number of hydrogen-bond acceptors (Lipinski definition) is 4. The number of aryl methyl sites for hydroxylation is 1. The van der Waals surface area contributed by atoms with Crippen molar-refractivity contribution in [1.29, 1.82) is 0 Å². The fourth-order valence-electron chi connectivity index (χ4n) is 2.39. The van der Waals surface area contributed by atoms with E-state index >= 15 is 0 Å². The lowest BCUT2D eigenvalue weighted by Crippen LogP contribution is -2.05. The van der Waals surface area contributed by atoms with Crippen LogP contribution in [0.4, 0.5) is 23.4 Å². The molecule has 0 atom stereocenters. The molecule has 5 nitrogen and oxygen atoms in total. The normalized spacial score (nSPS) is 11.7. The maximum atomic E-state index is 14.4. The summed E-state index contributed by atoms with van der Waals surface area (Å²) in [6.07, 6.45) is -2.02. The summed E-state index contributed by atoms with van der Waals surface area (Å²) in [7, 11) is 1.38. The third kappa shape index (κ3) is 3.59. The van der Waals surface area contributed by atoms with Gasteiger partial charge >= 0.3 is 6.18 Å². The monoisotopic (exact) mass is 351 g/mol. The summed E-state index contributed by atoms with van der Waals surface area (Å²) >= 11 is 0. The first-order chi connectivity index (χ1) is 11.7. The van der Waals surface area contributed by atoms with Crippen molar-refractivity contribution in [3.05, 3.63) is 59.6 Å². The molecular weight excluding hydrogens is 338 g/mol. The molecule has 3 aromatic rings. The number of halogens is 4. The molecule has 0 saturated heterocycles. The van der Waals surface area contributed by atoms with Gasteiger partial charge in [-0.2, -0.15) is 13.2 Å². The number of hydrogen-bond donors (Lipinski definition) is 1. The zero-order chi connectivity index (χ0) is 18.2. The van der Waals surface area contributed by atoms with Gasteiger partial charge in [0, 0.05) is 25.9 Å². The maximum Gasteiger partial charge on any atom is 0.434 e. The minimum atomic E-state index is -4.59. The number of nitrogens with zero attached hydrogens (tertiary/aromatic N) is 4. The van der Waals surface area contributed by atoms with Crippen LogP contribution in [0.25, 0.3) is 11.4 Å². The number of alkyl halides is 3. The molecule has 0 fully saturated rings. The Bertz CT molecular complexity index is 917. The second-order valence-electron chi connectivity index (χ2n) is 5.45. The lowest BCUT2D eigenvalue weighted by Gasteiger charge is -2.06. The third-order valence-electron chi connectivity index (χ3n) is 3.53. The van der Waals surface area contributed by atoms with Crippen molar-refractivity contribution >= 4 is 5.82 Å².